The van der Waals surface area contributed by atoms with E-state index in [2.05, 4.69) is 14.2 Å². The highest BCUT2D eigenvalue weighted by molar-refractivity contribution is 7.39. The summed E-state index contributed by atoms with van der Waals surface area (Å²) in [4.78, 5) is 21.5. The number of methoxy groups -OCH3 is 3. The summed E-state index contributed by atoms with van der Waals surface area (Å²) in [6.07, 6.45) is 0. The average molecular weight is 196 g/mol. The molecular formula is C5H9O6P. The number of hydrogen-bond acceptors (Lipinski definition) is 6. The second kappa shape index (κ2) is 4.47. The third-order valence-electron chi connectivity index (χ3n) is 1.24. The molecule has 0 bridgehead atoms. The zero-order valence-corrected chi connectivity index (χ0v) is 7.79. The van der Waals surface area contributed by atoms with Crippen LogP contribution in [0.15, 0.2) is 0 Å². The zero-order chi connectivity index (χ0) is 9.78. The number of rotatable bonds is 4. The Kier molecular flexibility index (Phi) is 4.26. The van der Waals surface area contributed by atoms with Crippen molar-refractivity contribution >= 4 is 14.0 Å². The lowest BCUT2D eigenvalue weighted by molar-refractivity contribution is -0.230. The Hall–Kier alpha value is -0.550. The van der Waals surface area contributed by atoms with Gasteiger partial charge in [0, 0.05) is 14.2 Å². The number of carbonyl (C=O) groups is 1. The molecule has 0 aromatic carbocycles. The van der Waals surface area contributed by atoms with Crippen molar-refractivity contribution < 1.29 is 28.5 Å². The molecule has 0 aliphatic rings. The van der Waals surface area contributed by atoms with Gasteiger partial charge in [-0.2, -0.15) is 0 Å². The maximum absolute atomic E-state index is 10.9. The molecule has 0 heterocycles. The van der Waals surface area contributed by atoms with Crippen LogP contribution in [0.3, 0.4) is 0 Å². The highest BCUT2D eigenvalue weighted by Gasteiger charge is 2.55. The van der Waals surface area contributed by atoms with E-state index in [0.29, 0.717) is 0 Å². The van der Waals surface area contributed by atoms with Crippen molar-refractivity contribution in [2.24, 2.45) is 0 Å². The summed E-state index contributed by atoms with van der Waals surface area (Å²) >= 11 is 0. The first-order chi connectivity index (χ1) is 5.55. The molecule has 0 aliphatic carbocycles. The molecule has 70 valence electrons. The second-order valence-corrected chi connectivity index (χ2v) is 2.84. The van der Waals surface area contributed by atoms with Gasteiger partial charge in [-0.1, -0.05) is 4.57 Å². The van der Waals surface area contributed by atoms with Gasteiger partial charge in [0.15, 0.2) is 0 Å². The van der Waals surface area contributed by atoms with Crippen molar-refractivity contribution in [1.82, 2.24) is 0 Å². The predicted octanol–water partition coefficient (Wildman–Crippen LogP) is -0.791. The van der Waals surface area contributed by atoms with E-state index >= 15 is 0 Å². The monoisotopic (exact) mass is 196 g/mol. The van der Waals surface area contributed by atoms with E-state index in [1.54, 1.807) is 0 Å². The molecule has 0 saturated heterocycles. The Bertz CT molecular complexity index is 186. The van der Waals surface area contributed by atoms with Gasteiger partial charge in [0.1, 0.15) is 0 Å². The van der Waals surface area contributed by atoms with E-state index in [4.69, 9.17) is 0 Å². The predicted molar refractivity (Wildman–Crippen MR) is 36.4 cm³/mol. The Labute approximate surface area is 70.3 Å². The third kappa shape index (κ3) is 1.78. The summed E-state index contributed by atoms with van der Waals surface area (Å²) < 4.78 is 23.6. The number of esters is 1. The molecule has 0 amide bonds. The van der Waals surface area contributed by atoms with Crippen LogP contribution in [-0.2, 0) is 23.6 Å². The lowest BCUT2D eigenvalue weighted by Gasteiger charge is -2.17. The van der Waals surface area contributed by atoms with Crippen LogP contribution < -0.4 is 4.89 Å². The first-order valence-corrected chi connectivity index (χ1v) is 4.06. The van der Waals surface area contributed by atoms with E-state index in [1.807, 2.05) is 0 Å². The van der Waals surface area contributed by atoms with E-state index < -0.39 is 19.5 Å². The van der Waals surface area contributed by atoms with E-state index in [-0.39, 0.29) is 0 Å². The summed E-state index contributed by atoms with van der Waals surface area (Å²) in [6, 6.07) is 0. The van der Waals surface area contributed by atoms with Gasteiger partial charge in [-0.05, 0) is 0 Å². The van der Waals surface area contributed by atoms with Crippen molar-refractivity contribution in [3.63, 3.8) is 0 Å². The van der Waals surface area contributed by atoms with Crippen LogP contribution in [0.25, 0.3) is 0 Å². The van der Waals surface area contributed by atoms with Crippen LogP contribution in [0.1, 0.15) is 0 Å². The SMILES string of the molecule is COC(=O)C(OC)(OC)[P+](=O)[O-]. The lowest BCUT2D eigenvalue weighted by Crippen LogP contribution is -2.42. The molecule has 7 heteroatoms. The molecule has 0 aliphatic heterocycles. The summed E-state index contributed by atoms with van der Waals surface area (Å²) in [5, 5.41) is 0. The number of hydrogen-bond donors (Lipinski definition) is 0. The number of ether oxygens (including phenoxy) is 3. The molecule has 0 aromatic heterocycles. The highest BCUT2D eigenvalue weighted by Crippen LogP contribution is 2.34. The molecule has 1 unspecified atom stereocenters. The fraction of sp³-hybridized carbons (Fsp3) is 0.800. The average Bonchev–Trinajstić information content (AvgIpc) is 2.06. The van der Waals surface area contributed by atoms with Crippen molar-refractivity contribution in [3.8, 4) is 0 Å². The van der Waals surface area contributed by atoms with Gasteiger partial charge >= 0.3 is 19.5 Å². The molecule has 0 fully saturated rings. The summed E-state index contributed by atoms with van der Waals surface area (Å²) in [5.41, 5.74) is -2.32. The maximum atomic E-state index is 10.9. The Morgan fingerprint density at radius 2 is 1.75 bits per heavy atom. The lowest BCUT2D eigenvalue weighted by atomic mass is 10.6. The number of carbonyl (C=O) groups excluding carboxylic acids is 1. The largest absolute Gasteiger partial charge is 0.591 e. The van der Waals surface area contributed by atoms with Crippen molar-refractivity contribution in [2.45, 2.75) is 5.53 Å². The summed E-state index contributed by atoms with van der Waals surface area (Å²) in [7, 11) is -0.110. The van der Waals surface area contributed by atoms with Gasteiger partial charge in [0.2, 0.25) is 0 Å². The van der Waals surface area contributed by atoms with Crippen molar-refractivity contribution in [2.75, 3.05) is 21.3 Å². The van der Waals surface area contributed by atoms with Crippen molar-refractivity contribution in [1.29, 1.82) is 0 Å². The molecule has 6 nitrogen and oxygen atoms in total. The van der Waals surface area contributed by atoms with Crippen LogP contribution in [0.5, 0.6) is 0 Å². The Morgan fingerprint density at radius 1 is 1.33 bits per heavy atom. The molecule has 0 rings (SSSR count). The molecule has 0 saturated carbocycles. The fourth-order valence-corrected chi connectivity index (χ4v) is 1.14. The van der Waals surface area contributed by atoms with Gasteiger partial charge in [-0.25, -0.2) is 4.79 Å². The smallest absolute Gasteiger partial charge is 0.471 e. The highest BCUT2D eigenvalue weighted by atomic mass is 31.1. The third-order valence-corrected chi connectivity index (χ3v) is 2.27. The van der Waals surface area contributed by atoms with Gasteiger partial charge in [0.25, 0.3) is 0 Å². The molecular weight excluding hydrogens is 187 g/mol. The minimum absolute atomic E-state index is 1.03. The normalized spacial score (nSPS) is 12.5. The Morgan fingerprint density at radius 3 is 1.83 bits per heavy atom. The molecule has 1 atom stereocenters. The topological polar surface area (TPSA) is 84.9 Å². The van der Waals surface area contributed by atoms with Crippen LogP contribution in [0.2, 0.25) is 0 Å². The quantitative estimate of drug-likeness (QED) is 0.332. The minimum atomic E-state index is -3.21. The second-order valence-electron chi connectivity index (χ2n) is 1.74. The minimum Gasteiger partial charge on any atom is -0.591 e. The fourth-order valence-electron chi connectivity index (χ4n) is 0.603. The van der Waals surface area contributed by atoms with Gasteiger partial charge in [-0.15, -0.1) is 0 Å². The van der Waals surface area contributed by atoms with E-state index in [0.717, 1.165) is 21.3 Å². The van der Waals surface area contributed by atoms with Crippen LogP contribution in [0, 0.1) is 0 Å². The molecule has 0 N–H and O–H groups in total. The zero-order valence-electron chi connectivity index (χ0n) is 6.90. The summed E-state index contributed by atoms with van der Waals surface area (Å²) in [5.74, 6) is -1.11. The molecule has 12 heavy (non-hydrogen) atoms. The van der Waals surface area contributed by atoms with Gasteiger partial charge < -0.3 is 19.1 Å². The maximum Gasteiger partial charge on any atom is 0.471 e. The van der Waals surface area contributed by atoms with E-state index in [9.17, 15) is 14.3 Å². The van der Waals surface area contributed by atoms with Crippen LogP contribution in [0.4, 0.5) is 0 Å². The van der Waals surface area contributed by atoms with Crippen molar-refractivity contribution in [3.05, 3.63) is 0 Å². The summed E-state index contributed by atoms with van der Waals surface area (Å²) in [6.45, 7) is 0. The first kappa shape index (κ1) is 11.4. The van der Waals surface area contributed by atoms with Crippen LogP contribution in [-0.4, -0.2) is 32.8 Å². The van der Waals surface area contributed by atoms with E-state index in [1.165, 1.54) is 0 Å². The van der Waals surface area contributed by atoms with Crippen LogP contribution >= 0.6 is 8.03 Å². The molecule has 0 aromatic rings. The molecule has 0 spiro atoms. The first-order valence-electron chi connectivity index (χ1n) is 2.88. The standard InChI is InChI=1S/C5H9O6P/c1-9-4(6)5(10-2,11-3)12(7)8/h1-3H3. The van der Waals surface area contributed by atoms with Gasteiger partial charge in [0.05, 0.1) is 7.11 Å². The van der Waals surface area contributed by atoms with Gasteiger partial charge in [-0.3, -0.25) is 0 Å². The Balaban J connectivity index is 4.82. The molecule has 0 radical (unpaired) electrons.